The highest BCUT2D eigenvalue weighted by Crippen LogP contribution is 2.39. The third kappa shape index (κ3) is 4.40. The molecule has 1 saturated carbocycles. The monoisotopic (exact) mass is 523 g/mol. The Labute approximate surface area is 220 Å². The highest BCUT2D eigenvalue weighted by atomic mass is 35.5. The molecule has 2 amide bonds. The number of carbonyl (C=O) groups excluding carboxylic acids is 2. The first kappa shape index (κ1) is 24.4. The normalized spacial score (nSPS) is 26.9. The van der Waals surface area contributed by atoms with Crippen LogP contribution in [0.2, 0.25) is 5.02 Å². The Morgan fingerprint density at radius 3 is 2.59 bits per heavy atom. The number of fused-ring (bicyclic) bond motifs is 1. The summed E-state index contributed by atoms with van der Waals surface area (Å²) in [6.07, 6.45) is 4.04. The van der Waals surface area contributed by atoms with Gasteiger partial charge < -0.3 is 15.1 Å². The van der Waals surface area contributed by atoms with Gasteiger partial charge in [0.1, 0.15) is 5.92 Å². The number of hydrogen-bond donors (Lipinski definition) is 3. The molecular weight excluding hydrogens is 494 g/mol. The van der Waals surface area contributed by atoms with Gasteiger partial charge in [-0.05, 0) is 49.4 Å². The number of amides is 2. The van der Waals surface area contributed by atoms with Gasteiger partial charge in [0.25, 0.3) is 5.85 Å². The lowest BCUT2D eigenvalue weighted by molar-refractivity contribution is -0.146. The number of β-amino-alcohol motifs (C(OH)–C–C–N with tert-alkyl or cyclic N) is 1. The van der Waals surface area contributed by atoms with E-state index in [4.69, 9.17) is 11.6 Å². The molecule has 4 aliphatic rings. The Bertz CT molecular complexity index is 1260. The van der Waals surface area contributed by atoms with Gasteiger partial charge in [0.2, 0.25) is 11.8 Å². The van der Waals surface area contributed by atoms with Crippen molar-refractivity contribution < 1.29 is 19.8 Å². The van der Waals surface area contributed by atoms with Crippen molar-refractivity contribution in [2.24, 2.45) is 16.8 Å². The summed E-state index contributed by atoms with van der Waals surface area (Å²) in [5.74, 6) is -2.61. The van der Waals surface area contributed by atoms with Crippen molar-refractivity contribution >= 4 is 35.4 Å². The van der Waals surface area contributed by atoms with E-state index in [9.17, 15) is 19.8 Å². The van der Waals surface area contributed by atoms with Crippen molar-refractivity contribution in [3.8, 4) is 11.1 Å². The topological polar surface area (TPSA) is 109 Å². The first-order chi connectivity index (χ1) is 17.8. The minimum atomic E-state index is -1.80. The average molecular weight is 524 g/mol. The number of anilines is 1. The molecule has 3 N–H and O–H groups in total. The summed E-state index contributed by atoms with van der Waals surface area (Å²) in [6.45, 7) is 1.24. The maximum absolute atomic E-state index is 13.4. The van der Waals surface area contributed by atoms with E-state index in [1.807, 2.05) is 53.4 Å². The number of hydrogen-bond acceptors (Lipinski definition) is 7. The number of hydrazine groups is 1. The number of nitrogens with one attached hydrogen (secondary N) is 1. The van der Waals surface area contributed by atoms with E-state index in [1.165, 1.54) is 16.2 Å². The molecule has 2 aromatic rings. The second-order valence-corrected chi connectivity index (χ2v) is 10.9. The number of piperidine rings is 1. The zero-order valence-corrected chi connectivity index (χ0v) is 21.1. The number of likely N-dealkylation sites (tertiary alicyclic amines) is 1. The molecule has 1 aliphatic carbocycles. The van der Waals surface area contributed by atoms with Gasteiger partial charge >= 0.3 is 0 Å². The fourth-order valence-electron chi connectivity index (χ4n) is 5.52. The molecular formula is C27H30ClN5O4. The molecule has 194 valence electrons. The molecule has 0 spiro atoms. The lowest BCUT2D eigenvalue weighted by Crippen LogP contribution is -2.60. The fourth-order valence-corrected chi connectivity index (χ4v) is 5.76. The Balaban J connectivity index is 1.18. The average Bonchev–Trinajstić information content (AvgIpc) is 3.68. The SMILES string of the molecule is O=C1C2CNN(c3cccc(-c4ccccc4Cl)c3)C2(O)N=CN1CC1(O)CCN(C(=O)C2CC2)CC1. The maximum Gasteiger partial charge on any atom is 0.265 e. The Morgan fingerprint density at radius 2 is 1.86 bits per heavy atom. The summed E-state index contributed by atoms with van der Waals surface area (Å²) in [5, 5.41) is 24.9. The van der Waals surface area contributed by atoms with Crippen LogP contribution in [0, 0.1) is 11.8 Å². The van der Waals surface area contributed by atoms with E-state index < -0.39 is 17.4 Å². The third-order valence-corrected chi connectivity index (χ3v) is 8.23. The van der Waals surface area contributed by atoms with Gasteiger partial charge in [-0.3, -0.25) is 19.5 Å². The zero-order valence-electron chi connectivity index (χ0n) is 20.4. The van der Waals surface area contributed by atoms with Crippen LogP contribution in [0.3, 0.4) is 0 Å². The molecule has 0 bridgehead atoms. The number of aliphatic hydroxyl groups is 2. The van der Waals surface area contributed by atoms with E-state index in [2.05, 4.69) is 10.4 Å². The minimum absolute atomic E-state index is 0.0787. The van der Waals surface area contributed by atoms with Crippen molar-refractivity contribution in [3.63, 3.8) is 0 Å². The molecule has 37 heavy (non-hydrogen) atoms. The molecule has 2 aromatic carbocycles. The zero-order chi connectivity index (χ0) is 25.8. The molecule has 6 rings (SSSR count). The highest BCUT2D eigenvalue weighted by molar-refractivity contribution is 6.33. The number of halogens is 1. The molecule has 2 saturated heterocycles. The van der Waals surface area contributed by atoms with Gasteiger partial charge in [-0.2, -0.15) is 0 Å². The molecule has 2 atom stereocenters. The van der Waals surface area contributed by atoms with Crippen LogP contribution < -0.4 is 10.4 Å². The molecule has 0 radical (unpaired) electrons. The first-order valence-corrected chi connectivity index (χ1v) is 13.1. The Hall–Kier alpha value is -2.98. The van der Waals surface area contributed by atoms with Crippen LogP contribution >= 0.6 is 11.6 Å². The molecule has 2 unspecified atom stereocenters. The molecule has 3 heterocycles. The second kappa shape index (κ2) is 9.09. The van der Waals surface area contributed by atoms with Crippen molar-refractivity contribution in [2.75, 3.05) is 31.2 Å². The number of benzene rings is 2. The molecule has 0 aromatic heterocycles. The lowest BCUT2D eigenvalue weighted by Gasteiger charge is -2.43. The number of carbonyl (C=O) groups is 2. The molecule has 3 fully saturated rings. The van der Waals surface area contributed by atoms with Gasteiger partial charge in [-0.25, -0.2) is 10.4 Å². The largest absolute Gasteiger partial charge is 0.388 e. The van der Waals surface area contributed by atoms with Gasteiger partial charge in [-0.1, -0.05) is 41.9 Å². The van der Waals surface area contributed by atoms with Crippen LogP contribution in [0.4, 0.5) is 5.69 Å². The van der Waals surface area contributed by atoms with E-state index in [0.29, 0.717) is 36.6 Å². The highest BCUT2D eigenvalue weighted by Gasteiger charge is 2.56. The number of rotatable bonds is 5. The fraction of sp³-hybridized carbons (Fsp3) is 0.444. The van der Waals surface area contributed by atoms with Crippen LogP contribution in [0.1, 0.15) is 25.7 Å². The van der Waals surface area contributed by atoms with Gasteiger partial charge in [0.05, 0.1) is 24.2 Å². The second-order valence-electron chi connectivity index (χ2n) is 10.5. The van der Waals surface area contributed by atoms with Crippen LogP contribution in [0.15, 0.2) is 53.5 Å². The van der Waals surface area contributed by atoms with Gasteiger partial charge in [0.15, 0.2) is 0 Å². The summed E-state index contributed by atoms with van der Waals surface area (Å²) in [4.78, 5) is 33.4. The van der Waals surface area contributed by atoms with Crippen molar-refractivity contribution in [2.45, 2.75) is 37.1 Å². The minimum Gasteiger partial charge on any atom is -0.388 e. The molecule has 3 aliphatic heterocycles. The number of aliphatic imine (C=N–C) groups is 1. The van der Waals surface area contributed by atoms with Gasteiger partial charge in [-0.15, -0.1) is 0 Å². The predicted molar refractivity (Wildman–Crippen MR) is 140 cm³/mol. The van der Waals surface area contributed by atoms with Crippen molar-refractivity contribution in [1.29, 1.82) is 0 Å². The van der Waals surface area contributed by atoms with Crippen LogP contribution in [0.5, 0.6) is 0 Å². The summed E-state index contributed by atoms with van der Waals surface area (Å²) < 4.78 is 0. The van der Waals surface area contributed by atoms with E-state index in [1.54, 1.807) is 0 Å². The standard InChI is InChI=1S/C27H30ClN5O4/c28-23-7-2-1-6-21(23)19-4-3-5-20(14-19)33-27(37)22(15-30-33)25(35)32(17-29-27)16-26(36)10-12-31(13-11-26)24(34)18-8-9-18/h1-7,14,17-18,22,30,36-37H,8-13,15-16H2. The number of nitrogens with zero attached hydrogens (tertiary/aromatic N) is 4. The Morgan fingerprint density at radius 1 is 1.11 bits per heavy atom. The van der Waals surface area contributed by atoms with Crippen molar-refractivity contribution in [3.05, 3.63) is 53.6 Å². The predicted octanol–water partition coefficient (Wildman–Crippen LogP) is 2.23. The lowest BCUT2D eigenvalue weighted by atomic mass is 9.89. The van der Waals surface area contributed by atoms with E-state index >= 15 is 0 Å². The van der Waals surface area contributed by atoms with Crippen LogP contribution in [0.25, 0.3) is 11.1 Å². The first-order valence-electron chi connectivity index (χ1n) is 12.8. The summed E-state index contributed by atoms with van der Waals surface area (Å²) >= 11 is 6.38. The summed E-state index contributed by atoms with van der Waals surface area (Å²) in [6, 6.07) is 15.0. The molecule has 9 nitrogen and oxygen atoms in total. The Kier molecular flexibility index (Phi) is 5.99. The summed E-state index contributed by atoms with van der Waals surface area (Å²) in [7, 11) is 0. The van der Waals surface area contributed by atoms with Crippen LogP contribution in [-0.4, -0.2) is 75.8 Å². The van der Waals surface area contributed by atoms with Crippen LogP contribution in [-0.2, 0) is 9.59 Å². The summed E-state index contributed by atoms with van der Waals surface area (Å²) in [5.41, 5.74) is 4.41. The molecule has 10 heteroatoms. The van der Waals surface area contributed by atoms with E-state index in [0.717, 1.165) is 24.0 Å². The third-order valence-electron chi connectivity index (χ3n) is 7.90. The smallest absolute Gasteiger partial charge is 0.265 e. The maximum atomic E-state index is 13.4. The van der Waals surface area contributed by atoms with Gasteiger partial charge in [0, 0.05) is 36.1 Å². The van der Waals surface area contributed by atoms with E-state index in [-0.39, 0.29) is 30.8 Å². The quantitative estimate of drug-likeness (QED) is 0.554. The van der Waals surface area contributed by atoms with Crippen molar-refractivity contribution in [1.82, 2.24) is 15.2 Å².